The maximum absolute atomic E-state index is 14.5. The van der Waals surface area contributed by atoms with Crippen LogP contribution >= 0.6 is 11.6 Å². The molecule has 1 aromatic heterocycles. The van der Waals surface area contributed by atoms with Crippen LogP contribution < -0.4 is 0 Å². The Bertz CT molecular complexity index is 682. The van der Waals surface area contributed by atoms with Gasteiger partial charge in [-0.25, -0.2) is 9.37 Å². The molecule has 3 nitrogen and oxygen atoms in total. The summed E-state index contributed by atoms with van der Waals surface area (Å²) in [5.74, 6) is -3.18. The number of halogens is 5. The zero-order valence-corrected chi connectivity index (χ0v) is 17.0. The zero-order valence-electron chi connectivity index (χ0n) is 15.2. The molecule has 0 saturated heterocycles. The number of pyridine rings is 1. The van der Waals surface area contributed by atoms with Crippen molar-refractivity contribution in [3.63, 3.8) is 0 Å². The quantitative estimate of drug-likeness (QED) is 0.275. The van der Waals surface area contributed by atoms with Crippen molar-refractivity contribution in [2.75, 3.05) is 0 Å². The Morgan fingerprint density at radius 1 is 1.16 bits per heavy atom. The van der Waals surface area contributed by atoms with Crippen LogP contribution in [0.25, 0.3) is 0 Å². The number of alkyl halides is 3. The number of nitrogens with zero attached hydrogens (tertiary/aromatic N) is 1. The summed E-state index contributed by atoms with van der Waals surface area (Å²) in [5.41, 5.74) is -2.48. The predicted octanol–water partition coefficient (Wildman–Crippen LogP) is 5.88. The summed E-state index contributed by atoms with van der Waals surface area (Å²) < 4.78 is 58.6. The molecule has 0 spiro atoms. The van der Waals surface area contributed by atoms with Gasteiger partial charge in [0.2, 0.25) is 0 Å². The first-order chi connectivity index (χ1) is 10.9. The second-order valence-corrected chi connectivity index (χ2v) is 12.9. The molecular formula is C16H22ClF4NO2Si. The number of hydrogen-bond acceptors (Lipinski definition) is 3. The molecule has 1 heterocycles. The topological polar surface area (TPSA) is 39.2 Å². The summed E-state index contributed by atoms with van der Waals surface area (Å²) in [5, 5.41) is -1.00. The van der Waals surface area contributed by atoms with Gasteiger partial charge in [0.05, 0.1) is 5.60 Å². The van der Waals surface area contributed by atoms with Gasteiger partial charge in [0, 0.05) is 5.56 Å². The number of carbonyl (C=O) groups excluding carboxylic acids is 1. The van der Waals surface area contributed by atoms with Crippen LogP contribution in [-0.4, -0.2) is 25.3 Å². The van der Waals surface area contributed by atoms with Crippen LogP contribution in [-0.2, 0) is 10.0 Å². The van der Waals surface area contributed by atoms with Crippen LogP contribution in [0.2, 0.25) is 23.3 Å². The molecule has 0 radical (unpaired) electrons. The van der Waals surface area contributed by atoms with Crippen LogP contribution in [0.5, 0.6) is 0 Å². The maximum Gasteiger partial charge on any atom is 0.456 e. The van der Waals surface area contributed by atoms with Crippen molar-refractivity contribution in [3.8, 4) is 0 Å². The van der Waals surface area contributed by atoms with Crippen LogP contribution in [0.4, 0.5) is 17.6 Å². The van der Waals surface area contributed by atoms with Crippen molar-refractivity contribution < 1.29 is 26.8 Å². The number of ketones is 1. The first kappa shape index (κ1) is 22.0. The molecule has 0 bridgehead atoms. The average Bonchev–Trinajstić information content (AvgIpc) is 2.37. The summed E-state index contributed by atoms with van der Waals surface area (Å²) in [6.07, 6.45) is -5.13. The fraction of sp³-hybridized carbons (Fsp3) is 0.625. The molecule has 0 aliphatic carbocycles. The van der Waals surface area contributed by atoms with Gasteiger partial charge in [-0.3, -0.25) is 4.79 Å². The Morgan fingerprint density at radius 3 is 2.04 bits per heavy atom. The second-order valence-electron chi connectivity index (χ2n) is 7.86. The van der Waals surface area contributed by atoms with Crippen molar-refractivity contribution >= 4 is 25.7 Å². The molecule has 0 amide bonds. The third kappa shape index (κ3) is 4.80. The average molecular weight is 400 g/mol. The molecule has 1 rings (SSSR count). The maximum atomic E-state index is 14.5. The molecule has 0 unspecified atom stereocenters. The molecule has 142 valence electrons. The summed E-state index contributed by atoms with van der Waals surface area (Å²) in [4.78, 5) is 14.7. The number of rotatable bonds is 4. The lowest BCUT2D eigenvalue weighted by molar-refractivity contribution is -0.0888. The fourth-order valence-corrected chi connectivity index (χ4v) is 3.93. The van der Waals surface area contributed by atoms with E-state index in [1.54, 1.807) is 0 Å². The fourth-order valence-electron chi connectivity index (χ4n) is 2.04. The minimum Gasteiger partial charge on any atom is -0.408 e. The minimum absolute atomic E-state index is 0.206. The Hall–Kier alpha value is -0.993. The summed E-state index contributed by atoms with van der Waals surface area (Å²) in [6, 6.07) is 0.768. The van der Waals surface area contributed by atoms with E-state index in [2.05, 4.69) is 4.98 Å². The molecule has 0 N–H and O–H groups in total. The smallest absolute Gasteiger partial charge is 0.408 e. The lowest BCUT2D eigenvalue weighted by Crippen LogP contribution is -2.46. The molecule has 0 saturated carbocycles. The highest BCUT2D eigenvalue weighted by molar-refractivity contribution is 6.74. The van der Waals surface area contributed by atoms with Gasteiger partial charge in [0.15, 0.2) is 19.3 Å². The van der Waals surface area contributed by atoms with Gasteiger partial charge in [0.25, 0.3) is 5.78 Å². The van der Waals surface area contributed by atoms with Crippen molar-refractivity contribution in [2.24, 2.45) is 0 Å². The molecule has 0 atom stereocenters. The SMILES string of the molecule is CC(C)(O[Si](C)(C)C(C)(C)C)c1cc(C(=O)C(F)(F)F)nc(Cl)c1F. The summed E-state index contributed by atoms with van der Waals surface area (Å²) in [6.45, 7) is 12.8. The Morgan fingerprint density at radius 2 is 1.64 bits per heavy atom. The standard InChI is InChI=1S/C16H22ClF4NO2Si/c1-14(2,3)25(6,7)24-15(4,5)9-8-10(12(23)16(19,20)21)22-13(17)11(9)18/h8H,1-7H3. The van der Waals surface area contributed by atoms with E-state index in [0.717, 1.165) is 6.07 Å². The molecule has 0 aliphatic rings. The van der Waals surface area contributed by atoms with Crippen LogP contribution in [0.15, 0.2) is 6.07 Å². The number of Topliss-reactive ketones (excluding diaryl/α,β-unsaturated/α-hetero) is 1. The first-order valence-electron chi connectivity index (χ1n) is 7.58. The van der Waals surface area contributed by atoms with Gasteiger partial charge in [-0.1, -0.05) is 32.4 Å². The number of hydrogen-bond donors (Lipinski definition) is 0. The van der Waals surface area contributed by atoms with Crippen LogP contribution in [0, 0.1) is 5.82 Å². The van der Waals surface area contributed by atoms with Crippen molar-refractivity contribution in [1.29, 1.82) is 0 Å². The van der Waals surface area contributed by atoms with E-state index in [1.807, 2.05) is 33.9 Å². The van der Waals surface area contributed by atoms with Crippen molar-refractivity contribution in [1.82, 2.24) is 4.98 Å². The number of carbonyl (C=O) groups is 1. The van der Waals surface area contributed by atoms with Gasteiger partial charge >= 0.3 is 6.18 Å². The molecule has 0 fully saturated rings. The molecule has 1 aromatic rings. The highest BCUT2D eigenvalue weighted by Gasteiger charge is 2.45. The minimum atomic E-state index is -5.13. The largest absolute Gasteiger partial charge is 0.456 e. The normalized spacial score (nSPS) is 13.9. The summed E-state index contributed by atoms with van der Waals surface area (Å²) in [7, 11) is -2.38. The Labute approximate surface area is 150 Å². The highest BCUT2D eigenvalue weighted by Crippen LogP contribution is 2.42. The van der Waals surface area contributed by atoms with Gasteiger partial charge in [0.1, 0.15) is 5.69 Å². The second kappa shape index (κ2) is 6.63. The first-order valence-corrected chi connectivity index (χ1v) is 10.9. The van der Waals surface area contributed by atoms with E-state index < -0.39 is 42.5 Å². The van der Waals surface area contributed by atoms with Gasteiger partial charge in [-0.15, -0.1) is 0 Å². The van der Waals surface area contributed by atoms with Crippen LogP contribution in [0.3, 0.4) is 0 Å². The molecule has 9 heteroatoms. The summed E-state index contributed by atoms with van der Waals surface area (Å²) >= 11 is 5.63. The third-order valence-electron chi connectivity index (χ3n) is 4.37. The lowest BCUT2D eigenvalue weighted by atomic mass is 9.97. The molecule has 25 heavy (non-hydrogen) atoms. The number of aromatic nitrogens is 1. The van der Waals surface area contributed by atoms with E-state index in [-0.39, 0.29) is 10.6 Å². The Balaban J connectivity index is 3.45. The lowest BCUT2D eigenvalue weighted by Gasteiger charge is -2.43. The zero-order chi connectivity index (χ0) is 20.0. The van der Waals surface area contributed by atoms with E-state index in [0.29, 0.717) is 0 Å². The highest BCUT2D eigenvalue weighted by atomic mass is 35.5. The monoisotopic (exact) mass is 399 g/mol. The van der Waals surface area contributed by atoms with E-state index >= 15 is 0 Å². The van der Waals surface area contributed by atoms with E-state index in [1.165, 1.54) is 13.8 Å². The van der Waals surface area contributed by atoms with Crippen LogP contribution in [0.1, 0.15) is 50.7 Å². The predicted molar refractivity (Wildman–Crippen MR) is 90.9 cm³/mol. The van der Waals surface area contributed by atoms with Crippen molar-refractivity contribution in [2.45, 2.75) is 64.5 Å². The third-order valence-corrected chi connectivity index (χ3v) is 9.26. The van der Waals surface area contributed by atoms with Gasteiger partial charge in [-0.2, -0.15) is 13.2 Å². The molecular weight excluding hydrogens is 378 g/mol. The Kier molecular flexibility index (Phi) is 5.84. The van der Waals surface area contributed by atoms with E-state index in [4.69, 9.17) is 16.0 Å². The molecule has 0 aromatic carbocycles. The van der Waals surface area contributed by atoms with Gasteiger partial charge < -0.3 is 4.43 Å². The molecule has 0 aliphatic heterocycles. The van der Waals surface area contributed by atoms with Gasteiger partial charge in [-0.05, 0) is 38.0 Å². The van der Waals surface area contributed by atoms with Crippen molar-refractivity contribution in [3.05, 3.63) is 28.3 Å². The van der Waals surface area contributed by atoms with E-state index in [9.17, 15) is 22.4 Å².